The number of carbonyl (C=O) groups is 1. The van der Waals surface area contributed by atoms with Gasteiger partial charge in [-0.2, -0.15) is 0 Å². The number of aromatic amines is 1. The van der Waals surface area contributed by atoms with Gasteiger partial charge in [-0.3, -0.25) is 9.69 Å². The van der Waals surface area contributed by atoms with Crippen molar-refractivity contribution in [1.82, 2.24) is 14.8 Å². The summed E-state index contributed by atoms with van der Waals surface area (Å²) < 4.78 is 27.4. The molecule has 5 rings (SSSR count). The van der Waals surface area contributed by atoms with Gasteiger partial charge in [0.1, 0.15) is 10.6 Å². The summed E-state index contributed by atoms with van der Waals surface area (Å²) in [6.07, 6.45) is 1.66. The first kappa shape index (κ1) is 24.6. The van der Waals surface area contributed by atoms with Crippen LogP contribution in [0, 0.1) is 0 Å². The number of aromatic nitrogens is 1. The van der Waals surface area contributed by atoms with Crippen LogP contribution in [0.2, 0.25) is 5.02 Å². The zero-order chi connectivity index (χ0) is 25.3. The summed E-state index contributed by atoms with van der Waals surface area (Å²) in [7, 11) is -1.84. The predicted molar refractivity (Wildman–Crippen MR) is 142 cm³/mol. The normalized spacial score (nSPS) is 15.0. The second kappa shape index (κ2) is 10.1. The fraction of sp³-hybridized carbons (Fsp3) is 0.250. The molecule has 1 fully saturated rings. The van der Waals surface area contributed by atoms with Crippen LogP contribution in [0.4, 0.5) is 0 Å². The van der Waals surface area contributed by atoms with Gasteiger partial charge in [-0.1, -0.05) is 60.1 Å². The third kappa shape index (κ3) is 4.78. The second-order valence-electron chi connectivity index (χ2n) is 9.26. The second-order valence-corrected chi connectivity index (χ2v) is 11.6. The SMILES string of the molecule is CN(Cc1ccccc1)C1CCN(C(=O)c2[nH]c3ccccc3c2S(=O)(=O)c2ccc(Cl)cc2)CC1. The fourth-order valence-corrected chi connectivity index (χ4v) is 6.68. The number of hydrogen-bond donors (Lipinski definition) is 1. The Bertz CT molecular complexity index is 1480. The van der Waals surface area contributed by atoms with E-state index in [0.29, 0.717) is 35.1 Å². The smallest absolute Gasteiger partial charge is 0.271 e. The average Bonchev–Trinajstić information content (AvgIpc) is 3.30. The number of para-hydroxylation sites is 1. The molecule has 186 valence electrons. The molecule has 0 bridgehead atoms. The molecule has 0 spiro atoms. The first-order chi connectivity index (χ1) is 17.3. The van der Waals surface area contributed by atoms with Gasteiger partial charge < -0.3 is 9.88 Å². The molecule has 1 aromatic heterocycles. The van der Waals surface area contributed by atoms with Crippen molar-refractivity contribution in [2.75, 3.05) is 20.1 Å². The largest absolute Gasteiger partial charge is 0.349 e. The van der Waals surface area contributed by atoms with Gasteiger partial charge in [-0.05, 0) is 55.8 Å². The highest BCUT2D eigenvalue weighted by atomic mass is 35.5. The molecule has 0 atom stereocenters. The minimum absolute atomic E-state index is 0.0220. The summed E-state index contributed by atoms with van der Waals surface area (Å²) in [5.41, 5.74) is 1.99. The quantitative estimate of drug-likeness (QED) is 0.369. The van der Waals surface area contributed by atoms with Gasteiger partial charge in [-0.15, -0.1) is 0 Å². The molecule has 36 heavy (non-hydrogen) atoms. The minimum Gasteiger partial charge on any atom is -0.349 e. The molecule has 8 heteroatoms. The Morgan fingerprint density at radius 2 is 1.61 bits per heavy atom. The van der Waals surface area contributed by atoms with E-state index in [-0.39, 0.29) is 21.4 Å². The van der Waals surface area contributed by atoms with E-state index in [1.165, 1.54) is 17.7 Å². The molecule has 0 radical (unpaired) electrons. The van der Waals surface area contributed by atoms with Crippen LogP contribution in [-0.2, 0) is 16.4 Å². The highest BCUT2D eigenvalue weighted by molar-refractivity contribution is 7.91. The number of piperidine rings is 1. The maximum Gasteiger partial charge on any atom is 0.271 e. The van der Waals surface area contributed by atoms with Crippen LogP contribution in [0.15, 0.2) is 88.7 Å². The van der Waals surface area contributed by atoms with E-state index in [4.69, 9.17) is 11.6 Å². The van der Waals surface area contributed by atoms with Crippen molar-refractivity contribution in [1.29, 1.82) is 0 Å². The molecule has 1 N–H and O–H groups in total. The average molecular weight is 522 g/mol. The number of halogens is 1. The van der Waals surface area contributed by atoms with Crippen LogP contribution >= 0.6 is 11.6 Å². The summed E-state index contributed by atoms with van der Waals surface area (Å²) in [6.45, 7) is 1.99. The van der Waals surface area contributed by atoms with Gasteiger partial charge in [0.05, 0.1) is 4.90 Å². The van der Waals surface area contributed by atoms with Gasteiger partial charge in [0.15, 0.2) is 0 Å². The lowest BCUT2D eigenvalue weighted by molar-refractivity contribution is 0.0631. The van der Waals surface area contributed by atoms with E-state index in [0.717, 1.165) is 19.4 Å². The van der Waals surface area contributed by atoms with Crippen molar-refractivity contribution in [3.63, 3.8) is 0 Å². The van der Waals surface area contributed by atoms with Crippen LogP contribution in [0.25, 0.3) is 10.9 Å². The summed E-state index contributed by atoms with van der Waals surface area (Å²) in [5, 5.41) is 0.956. The van der Waals surface area contributed by atoms with Crippen LogP contribution in [0.5, 0.6) is 0 Å². The standard InChI is InChI=1S/C28H28ClN3O3S/c1-31(19-20-7-3-2-4-8-20)22-15-17-32(18-16-22)28(33)26-27(24-9-5-6-10-25(24)30-26)36(34,35)23-13-11-21(29)12-14-23/h2-14,22,30H,15-19H2,1H3. The fourth-order valence-electron chi connectivity index (χ4n) is 4.95. The topological polar surface area (TPSA) is 73.5 Å². The number of benzene rings is 3. The van der Waals surface area contributed by atoms with Crippen molar-refractivity contribution in [2.45, 2.75) is 35.2 Å². The Morgan fingerprint density at radius 3 is 2.31 bits per heavy atom. The minimum atomic E-state index is -3.96. The molecule has 0 aliphatic carbocycles. The highest BCUT2D eigenvalue weighted by Crippen LogP contribution is 2.33. The van der Waals surface area contributed by atoms with Gasteiger partial charge in [0.25, 0.3) is 5.91 Å². The van der Waals surface area contributed by atoms with Gasteiger partial charge in [0.2, 0.25) is 9.84 Å². The molecule has 0 unspecified atom stereocenters. The number of carbonyl (C=O) groups excluding carboxylic acids is 1. The van der Waals surface area contributed by atoms with Crippen molar-refractivity contribution >= 4 is 38.2 Å². The Kier molecular flexibility index (Phi) is 6.88. The van der Waals surface area contributed by atoms with E-state index < -0.39 is 9.84 Å². The number of sulfone groups is 1. The van der Waals surface area contributed by atoms with Crippen molar-refractivity contribution < 1.29 is 13.2 Å². The molecule has 3 aromatic carbocycles. The lowest BCUT2D eigenvalue weighted by Gasteiger charge is -2.36. The van der Waals surface area contributed by atoms with E-state index >= 15 is 0 Å². The van der Waals surface area contributed by atoms with Crippen LogP contribution in [0.1, 0.15) is 28.9 Å². The summed E-state index contributed by atoms with van der Waals surface area (Å²) >= 11 is 5.98. The van der Waals surface area contributed by atoms with Gasteiger partial charge in [-0.25, -0.2) is 8.42 Å². The van der Waals surface area contributed by atoms with E-state index in [2.05, 4.69) is 29.1 Å². The molecular weight excluding hydrogens is 494 g/mol. The van der Waals surface area contributed by atoms with Crippen molar-refractivity contribution in [3.05, 3.63) is 95.1 Å². The van der Waals surface area contributed by atoms with Crippen LogP contribution in [0.3, 0.4) is 0 Å². The number of H-pyrrole nitrogens is 1. The monoisotopic (exact) mass is 521 g/mol. The Hall–Kier alpha value is -3.13. The third-order valence-corrected chi connectivity index (χ3v) is 9.02. The van der Waals surface area contributed by atoms with E-state index in [9.17, 15) is 13.2 Å². The van der Waals surface area contributed by atoms with Crippen LogP contribution < -0.4 is 0 Å². The number of fused-ring (bicyclic) bond motifs is 1. The zero-order valence-electron chi connectivity index (χ0n) is 20.0. The number of nitrogens with one attached hydrogen (secondary N) is 1. The molecule has 4 aromatic rings. The molecular formula is C28H28ClN3O3S. The molecule has 1 saturated heterocycles. The first-order valence-corrected chi connectivity index (χ1v) is 13.9. The summed E-state index contributed by atoms with van der Waals surface area (Å²) in [5.74, 6) is -0.289. The summed E-state index contributed by atoms with van der Waals surface area (Å²) in [6, 6.07) is 23.8. The Balaban J connectivity index is 1.39. The Labute approximate surface area is 216 Å². The van der Waals surface area contributed by atoms with Gasteiger partial charge >= 0.3 is 0 Å². The number of amides is 1. The molecule has 1 aliphatic rings. The molecule has 2 heterocycles. The van der Waals surface area contributed by atoms with E-state index in [1.807, 2.05) is 24.3 Å². The predicted octanol–water partition coefficient (Wildman–Crippen LogP) is 5.39. The highest BCUT2D eigenvalue weighted by Gasteiger charge is 2.33. The number of hydrogen-bond acceptors (Lipinski definition) is 4. The van der Waals surface area contributed by atoms with Crippen molar-refractivity contribution in [3.8, 4) is 0 Å². The number of rotatable bonds is 6. The maximum atomic E-state index is 13.7. The van der Waals surface area contributed by atoms with Gasteiger partial charge in [0, 0.05) is 41.6 Å². The number of likely N-dealkylation sites (tertiary alicyclic amines) is 1. The molecule has 1 aliphatic heterocycles. The first-order valence-electron chi connectivity index (χ1n) is 12.0. The lowest BCUT2D eigenvalue weighted by Crippen LogP contribution is -2.45. The lowest BCUT2D eigenvalue weighted by atomic mass is 10.0. The molecule has 1 amide bonds. The zero-order valence-corrected chi connectivity index (χ0v) is 21.6. The maximum absolute atomic E-state index is 13.7. The van der Waals surface area contributed by atoms with E-state index in [1.54, 1.807) is 35.2 Å². The number of nitrogens with zero attached hydrogens (tertiary/aromatic N) is 2. The third-order valence-electron chi connectivity index (χ3n) is 6.91. The van der Waals surface area contributed by atoms with Crippen molar-refractivity contribution in [2.24, 2.45) is 0 Å². The molecule has 0 saturated carbocycles. The Morgan fingerprint density at radius 1 is 0.972 bits per heavy atom. The van der Waals surface area contributed by atoms with Crippen LogP contribution in [-0.4, -0.2) is 55.3 Å². The summed E-state index contributed by atoms with van der Waals surface area (Å²) in [4.78, 5) is 21.0. The molecule has 6 nitrogen and oxygen atoms in total.